The Kier molecular flexibility index (Phi) is 4.60. The summed E-state index contributed by atoms with van der Waals surface area (Å²) in [6, 6.07) is 13.4. The Morgan fingerprint density at radius 1 is 1.27 bits per heavy atom. The largest absolute Gasteiger partial charge is 0.374 e. The second-order valence-corrected chi connectivity index (χ2v) is 5.17. The van der Waals surface area contributed by atoms with Gasteiger partial charge >= 0.3 is 6.03 Å². The third-order valence-electron chi connectivity index (χ3n) is 3.54. The predicted octanol–water partition coefficient (Wildman–Crippen LogP) is 1.95. The highest BCUT2D eigenvalue weighted by atomic mass is 16.5. The number of benzene rings is 1. The molecule has 6 heteroatoms. The summed E-state index contributed by atoms with van der Waals surface area (Å²) < 4.78 is 5.76. The summed E-state index contributed by atoms with van der Waals surface area (Å²) in [6.45, 7) is 1.70. The summed E-state index contributed by atoms with van der Waals surface area (Å²) in [5, 5.41) is 10.4. The van der Waals surface area contributed by atoms with Crippen molar-refractivity contribution in [3.8, 4) is 0 Å². The molecule has 1 aliphatic heterocycles. The molecule has 1 N–H and O–H groups in total. The Balaban J connectivity index is 1.57. The molecule has 1 aromatic heterocycles. The van der Waals surface area contributed by atoms with Crippen molar-refractivity contribution in [3.05, 3.63) is 54.2 Å². The van der Waals surface area contributed by atoms with Gasteiger partial charge in [0.05, 0.1) is 12.7 Å². The van der Waals surface area contributed by atoms with Gasteiger partial charge in [0.2, 0.25) is 0 Å². The van der Waals surface area contributed by atoms with Crippen molar-refractivity contribution in [3.63, 3.8) is 0 Å². The van der Waals surface area contributed by atoms with E-state index in [4.69, 9.17) is 4.74 Å². The lowest BCUT2D eigenvalue weighted by molar-refractivity contribution is -0.0113. The van der Waals surface area contributed by atoms with E-state index < -0.39 is 0 Å². The summed E-state index contributed by atoms with van der Waals surface area (Å²) in [6.07, 6.45) is 2.39. The molecular weight excluding hydrogens is 280 g/mol. The Bertz CT molecular complexity index is 606. The number of hydrogen-bond acceptors (Lipinski definition) is 4. The first-order valence-electron chi connectivity index (χ1n) is 7.30. The van der Waals surface area contributed by atoms with E-state index in [1.165, 1.54) is 5.56 Å². The van der Waals surface area contributed by atoms with Crippen LogP contribution in [-0.2, 0) is 11.2 Å². The molecule has 2 heterocycles. The number of amides is 2. The number of ether oxygens (including phenoxy) is 1. The standard InChI is InChI=1S/C16H18N4O2/c21-16(18-15-7-4-8-17-19-15)20-9-10-22-14(12-20)11-13-5-2-1-3-6-13/h1-8,14H,9-12H2,(H,18,19,21)/t14-/m0/s1. The molecule has 1 saturated heterocycles. The molecule has 22 heavy (non-hydrogen) atoms. The summed E-state index contributed by atoms with van der Waals surface area (Å²) in [4.78, 5) is 14.0. The van der Waals surface area contributed by atoms with Crippen LogP contribution in [0.1, 0.15) is 5.56 Å². The quantitative estimate of drug-likeness (QED) is 0.940. The molecule has 1 aliphatic rings. The number of anilines is 1. The maximum atomic E-state index is 12.3. The van der Waals surface area contributed by atoms with Gasteiger partial charge < -0.3 is 9.64 Å². The van der Waals surface area contributed by atoms with Crippen molar-refractivity contribution in [2.24, 2.45) is 0 Å². The van der Waals surface area contributed by atoms with Crippen LogP contribution < -0.4 is 5.32 Å². The topological polar surface area (TPSA) is 67.4 Å². The molecule has 2 amide bonds. The lowest BCUT2D eigenvalue weighted by Crippen LogP contribution is -2.48. The van der Waals surface area contributed by atoms with Gasteiger partial charge in [-0.3, -0.25) is 5.32 Å². The van der Waals surface area contributed by atoms with Crippen LogP contribution in [0.15, 0.2) is 48.7 Å². The summed E-state index contributed by atoms with van der Waals surface area (Å²) in [7, 11) is 0. The predicted molar refractivity (Wildman–Crippen MR) is 82.5 cm³/mol. The highest BCUT2D eigenvalue weighted by Crippen LogP contribution is 2.13. The smallest absolute Gasteiger partial charge is 0.323 e. The van der Waals surface area contributed by atoms with Crippen LogP contribution in [-0.4, -0.2) is 46.9 Å². The molecule has 1 aromatic carbocycles. The van der Waals surface area contributed by atoms with Crippen LogP contribution in [0.4, 0.5) is 10.6 Å². The number of hydrogen-bond donors (Lipinski definition) is 1. The summed E-state index contributed by atoms with van der Waals surface area (Å²) in [5.41, 5.74) is 1.21. The number of carbonyl (C=O) groups excluding carboxylic acids is 1. The van der Waals surface area contributed by atoms with Crippen LogP contribution in [0.25, 0.3) is 0 Å². The minimum Gasteiger partial charge on any atom is -0.374 e. The fraction of sp³-hybridized carbons (Fsp3) is 0.312. The minimum absolute atomic E-state index is 0.0174. The highest BCUT2D eigenvalue weighted by molar-refractivity contribution is 5.88. The zero-order valence-corrected chi connectivity index (χ0v) is 12.2. The van der Waals surface area contributed by atoms with Crippen molar-refractivity contribution in [2.45, 2.75) is 12.5 Å². The Labute approximate surface area is 129 Å². The van der Waals surface area contributed by atoms with E-state index in [-0.39, 0.29) is 12.1 Å². The van der Waals surface area contributed by atoms with Crippen molar-refractivity contribution in [2.75, 3.05) is 25.0 Å². The van der Waals surface area contributed by atoms with Crippen LogP contribution in [0.3, 0.4) is 0 Å². The van der Waals surface area contributed by atoms with Gasteiger partial charge in [0, 0.05) is 25.7 Å². The van der Waals surface area contributed by atoms with Gasteiger partial charge in [-0.1, -0.05) is 30.3 Å². The molecule has 0 unspecified atom stereocenters. The van der Waals surface area contributed by atoms with Gasteiger partial charge in [-0.2, -0.15) is 5.10 Å². The van der Waals surface area contributed by atoms with Crippen molar-refractivity contribution < 1.29 is 9.53 Å². The van der Waals surface area contributed by atoms with Gasteiger partial charge in [0.25, 0.3) is 0 Å². The molecule has 1 fully saturated rings. The van der Waals surface area contributed by atoms with Gasteiger partial charge in [0.15, 0.2) is 5.82 Å². The van der Waals surface area contributed by atoms with Crippen molar-refractivity contribution >= 4 is 11.8 Å². The first kappa shape index (κ1) is 14.5. The second-order valence-electron chi connectivity index (χ2n) is 5.17. The number of aromatic nitrogens is 2. The number of urea groups is 1. The average Bonchev–Trinajstić information content (AvgIpc) is 2.57. The van der Waals surface area contributed by atoms with Gasteiger partial charge in [-0.05, 0) is 17.7 Å². The summed E-state index contributed by atoms with van der Waals surface area (Å²) >= 11 is 0. The number of nitrogens with one attached hydrogen (secondary N) is 1. The van der Waals surface area contributed by atoms with Gasteiger partial charge in [-0.25, -0.2) is 4.79 Å². The third-order valence-corrected chi connectivity index (χ3v) is 3.54. The molecule has 1 atom stereocenters. The number of nitrogens with zero attached hydrogens (tertiary/aromatic N) is 3. The van der Waals surface area contributed by atoms with E-state index in [2.05, 4.69) is 27.6 Å². The van der Waals surface area contributed by atoms with Crippen LogP contribution in [0.2, 0.25) is 0 Å². The number of carbonyl (C=O) groups is 1. The van der Waals surface area contributed by atoms with E-state index >= 15 is 0 Å². The normalized spacial score (nSPS) is 18.0. The van der Waals surface area contributed by atoms with E-state index in [1.807, 2.05) is 18.2 Å². The SMILES string of the molecule is O=C(Nc1cccnn1)N1CCO[C@@H](Cc2ccccc2)C1. The lowest BCUT2D eigenvalue weighted by Gasteiger charge is -2.32. The zero-order valence-electron chi connectivity index (χ0n) is 12.2. The molecule has 6 nitrogen and oxygen atoms in total. The zero-order chi connectivity index (χ0) is 15.2. The molecule has 2 aromatic rings. The molecule has 0 bridgehead atoms. The second kappa shape index (κ2) is 7.00. The van der Waals surface area contributed by atoms with Crippen LogP contribution >= 0.6 is 0 Å². The molecule has 0 aliphatic carbocycles. The van der Waals surface area contributed by atoms with Gasteiger partial charge in [0.1, 0.15) is 0 Å². The fourth-order valence-electron chi connectivity index (χ4n) is 2.46. The molecule has 3 rings (SSSR count). The maximum absolute atomic E-state index is 12.3. The maximum Gasteiger partial charge on any atom is 0.323 e. The van der Waals surface area contributed by atoms with Crippen molar-refractivity contribution in [1.29, 1.82) is 0 Å². The first-order valence-corrected chi connectivity index (χ1v) is 7.30. The molecule has 114 valence electrons. The van der Waals surface area contributed by atoms with E-state index in [9.17, 15) is 4.79 Å². The average molecular weight is 298 g/mol. The summed E-state index contributed by atoms with van der Waals surface area (Å²) in [5.74, 6) is 0.457. The number of morpholine rings is 1. The van der Waals surface area contributed by atoms with E-state index in [0.717, 1.165) is 6.42 Å². The van der Waals surface area contributed by atoms with Gasteiger partial charge in [-0.15, -0.1) is 5.10 Å². The molecule has 0 spiro atoms. The first-order chi connectivity index (χ1) is 10.8. The Hall–Kier alpha value is -2.47. The van der Waals surface area contributed by atoms with Crippen LogP contribution in [0.5, 0.6) is 0 Å². The Morgan fingerprint density at radius 2 is 2.14 bits per heavy atom. The molecule has 0 saturated carbocycles. The number of rotatable bonds is 3. The minimum atomic E-state index is -0.165. The molecular formula is C16H18N4O2. The third kappa shape index (κ3) is 3.79. The van der Waals surface area contributed by atoms with Crippen molar-refractivity contribution in [1.82, 2.24) is 15.1 Å². The lowest BCUT2D eigenvalue weighted by atomic mass is 10.1. The van der Waals surface area contributed by atoms with Crippen LogP contribution in [0, 0.1) is 0 Å². The van der Waals surface area contributed by atoms with E-state index in [1.54, 1.807) is 23.2 Å². The molecule has 0 radical (unpaired) electrons. The highest BCUT2D eigenvalue weighted by Gasteiger charge is 2.24. The fourth-order valence-corrected chi connectivity index (χ4v) is 2.46. The monoisotopic (exact) mass is 298 g/mol. The Morgan fingerprint density at radius 3 is 2.91 bits per heavy atom. The van der Waals surface area contributed by atoms with E-state index in [0.29, 0.717) is 25.5 Å².